The zero-order valence-electron chi connectivity index (χ0n) is 11.0. The van der Waals surface area contributed by atoms with Crippen LogP contribution in [0, 0.1) is 11.7 Å². The predicted octanol–water partition coefficient (Wildman–Crippen LogP) is 3.40. The Bertz CT molecular complexity index is 490. The van der Waals surface area contributed by atoms with Gasteiger partial charge < -0.3 is 15.6 Å². The molecule has 1 fully saturated rings. The van der Waals surface area contributed by atoms with Gasteiger partial charge in [0.05, 0.1) is 5.56 Å². The van der Waals surface area contributed by atoms with Gasteiger partial charge in [-0.3, -0.25) is 0 Å². The van der Waals surface area contributed by atoms with Crippen LogP contribution in [0.25, 0.3) is 0 Å². The molecule has 1 aliphatic heterocycles. The fraction of sp³-hybridized carbons (Fsp3) is 0.538. The average Bonchev–Trinajstić information content (AvgIpc) is 2.40. The topological polar surface area (TPSA) is 55.5 Å². The molecule has 8 heteroatoms. The molecule has 0 bridgehead atoms. The molecule has 21 heavy (non-hydrogen) atoms. The van der Waals surface area contributed by atoms with Gasteiger partial charge in [-0.05, 0) is 30.9 Å². The first-order valence-corrected chi connectivity index (χ1v) is 6.24. The number of rotatable bonds is 2. The normalized spacial score (nSPS) is 18.1. The quantitative estimate of drug-likeness (QED) is 0.818. The highest BCUT2D eigenvalue weighted by Crippen LogP contribution is 2.42. The van der Waals surface area contributed by atoms with Gasteiger partial charge >= 0.3 is 6.18 Å². The molecule has 0 aliphatic carbocycles. The first kappa shape index (κ1) is 18.0. The minimum atomic E-state index is -4.69. The molecule has 1 atom stereocenters. The molecular weight excluding hydrogens is 314 g/mol. The summed E-state index contributed by atoms with van der Waals surface area (Å²) in [4.78, 5) is 0. The Hall–Kier alpha value is -1.05. The summed E-state index contributed by atoms with van der Waals surface area (Å²) in [5.74, 6) is -2.40. The van der Waals surface area contributed by atoms with Crippen molar-refractivity contribution in [1.82, 2.24) is 0 Å². The number of ether oxygens (including phenoxy) is 1. The molecule has 0 aromatic heterocycles. The molecule has 1 saturated heterocycles. The summed E-state index contributed by atoms with van der Waals surface area (Å²) in [5, 5.41) is 9.66. The highest BCUT2D eigenvalue weighted by Gasteiger charge is 2.38. The number of hydrogen-bond donors (Lipinski definition) is 2. The Labute approximate surface area is 125 Å². The third kappa shape index (κ3) is 3.78. The van der Waals surface area contributed by atoms with Crippen LogP contribution in [-0.2, 0) is 10.9 Å². The van der Waals surface area contributed by atoms with Crippen molar-refractivity contribution in [3.05, 3.63) is 29.1 Å². The highest BCUT2D eigenvalue weighted by atomic mass is 35.5. The van der Waals surface area contributed by atoms with Crippen LogP contribution >= 0.6 is 12.4 Å². The number of phenols is 1. The van der Waals surface area contributed by atoms with Gasteiger partial charge in [0.2, 0.25) is 0 Å². The molecule has 3 N–H and O–H groups in total. The lowest BCUT2D eigenvalue weighted by Crippen LogP contribution is -2.29. The highest BCUT2D eigenvalue weighted by molar-refractivity contribution is 5.85. The summed E-state index contributed by atoms with van der Waals surface area (Å²) in [6, 6.07) is 0.133. The maximum atomic E-state index is 13.4. The van der Waals surface area contributed by atoms with Crippen molar-refractivity contribution in [3.8, 4) is 5.75 Å². The van der Waals surface area contributed by atoms with Crippen LogP contribution in [0.15, 0.2) is 12.1 Å². The van der Waals surface area contributed by atoms with E-state index in [1.807, 2.05) is 0 Å². The van der Waals surface area contributed by atoms with E-state index >= 15 is 0 Å². The molecule has 0 spiro atoms. The first-order valence-electron chi connectivity index (χ1n) is 6.24. The van der Waals surface area contributed by atoms with Gasteiger partial charge in [0.1, 0.15) is 0 Å². The predicted molar refractivity (Wildman–Crippen MR) is 70.8 cm³/mol. The van der Waals surface area contributed by atoms with Crippen LogP contribution in [0.4, 0.5) is 17.6 Å². The van der Waals surface area contributed by atoms with Crippen molar-refractivity contribution in [3.63, 3.8) is 0 Å². The van der Waals surface area contributed by atoms with Crippen LogP contribution in [-0.4, -0.2) is 18.3 Å². The minimum Gasteiger partial charge on any atom is -0.505 e. The molecule has 0 unspecified atom stereocenters. The number of aromatic hydroxyl groups is 1. The lowest BCUT2D eigenvalue weighted by molar-refractivity contribution is -0.138. The molecule has 120 valence electrons. The molecule has 0 radical (unpaired) electrons. The van der Waals surface area contributed by atoms with E-state index in [9.17, 15) is 22.7 Å². The molecule has 0 amide bonds. The summed E-state index contributed by atoms with van der Waals surface area (Å²) in [5.41, 5.74) is 4.20. The fourth-order valence-electron chi connectivity index (χ4n) is 2.48. The Kier molecular flexibility index (Phi) is 5.83. The summed E-state index contributed by atoms with van der Waals surface area (Å²) in [7, 11) is 0. The Morgan fingerprint density at radius 3 is 2.33 bits per heavy atom. The van der Waals surface area contributed by atoms with E-state index < -0.39 is 34.9 Å². The van der Waals surface area contributed by atoms with Gasteiger partial charge in [0, 0.05) is 24.8 Å². The molecule has 1 aliphatic rings. The molecule has 3 nitrogen and oxygen atoms in total. The second kappa shape index (κ2) is 6.81. The number of alkyl halides is 3. The standard InChI is InChI=1S/C13H15F4NO2.ClH/c14-9-2-1-8(13(15,16)17)10(12(9)19)11(18)7-3-5-20-6-4-7;/h1-2,7,11,19H,3-6,18H2;1H/t11-;/m1./s1. The Balaban J connectivity index is 0.00000220. The Morgan fingerprint density at radius 2 is 1.81 bits per heavy atom. The third-order valence-corrected chi connectivity index (χ3v) is 3.58. The van der Waals surface area contributed by atoms with E-state index in [0.717, 1.165) is 0 Å². The number of hydrogen-bond acceptors (Lipinski definition) is 3. The van der Waals surface area contributed by atoms with Crippen molar-refractivity contribution >= 4 is 12.4 Å². The maximum Gasteiger partial charge on any atom is 0.416 e. The first-order chi connectivity index (χ1) is 9.32. The van der Waals surface area contributed by atoms with Crippen molar-refractivity contribution in [2.24, 2.45) is 11.7 Å². The minimum absolute atomic E-state index is 0. The summed E-state index contributed by atoms with van der Waals surface area (Å²) >= 11 is 0. The monoisotopic (exact) mass is 329 g/mol. The third-order valence-electron chi connectivity index (χ3n) is 3.58. The fourth-order valence-corrected chi connectivity index (χ4v) is 2.48. The van der Waals surface area contributed by atoms with E-state index in [-0.39, 0.29) is 18.3 Å². The molecule has 2 rings (SSSR count). The van der Waals surface area contributed by atoms with E-state index in [1.165, 1.54) is 0 Å². The van der Waals surface area contributed by atoms with E-state index in [2.05, 4.69) is 0 Å². The Morgan fingerprint density at radius 1 is 1.24 bits per heavy atom. The zero-order valence-corrected chi connectivity index (χ0v) is 11.8. The van der Waals surface area contributed by atoms with Gasteiger partial charge in [0.15, 0.2) is 11.6 Å². The molecule has 1 aromatic carbocycles. The maximum absolute atomic E-state index is 13.4. The van der Waals surface area contributed by atoms with Crippen LogP contribution in [0.5, 0.6) is 5.75 Å². The molecule has 1 heterocycles. The molecule has 1 aromatic rings. The van der Waals surface area contributed by atoms with Gasteiger partial charge in [-0.1, -0.05) is 0 Å². The van der Waals surface area contributed by atoms with Crippen LogP contribution in [0.2, 0.25) is 0 Å². The van der Waals surface area contributed by atoms with Crippen LogP contribution in [0.3, 0.4) is 0 Å². The van der Waals surface area contributed by atoms with Gasteiger partial charge in [-0.25, -0.2) is 4.39 Å². The second-order valence-corrected chi connectivity index (χ2v) is 4.83. The largest absolute Gasteiger partial charge is 0.505 e. The van der Waals surface area contributed by atoms with E-state index in [4.69, 9.17) is 10.5 Å². The summed E-state index contributed by atoms with van der Waals surface area (Å²) in [6.45, 7) is 0.797. The zero-order chi connectivity index (χ0) is 14.9. The SMILES string of the molecule is Cl.N[C@@H](c1c(C(F)(F)F)ccc(F)c1O)C1CCOCC1. The van der Waals surface area contributed by atoms with Crippen molar-refractivity contribution in [1.29, 1.82) is 0 Å². The van der Waals surface area contributed by atoms with Crippen molar-refractivity contribution in [2.75, 3.05) is 13.2 Å². The summed E-state index contributed by atoms with van der Waals surface area (Å²) < 4.78 is 57.4. The molecule has 0 saturated carbocycles. The van der Waals surface area contributed by atoms with E-state index in [1.54, 1.807) is 0 Å². The lowest BCUT2D eigenvalue weighted by atomic mass is 9.85. The second-order valence-electron chi connectivity index (χ2n) is 4.83. The van der Waals surface area contributed by atoms with Crippen LogP contribution in [0.1, 0.15) is 30.0 Å². The average molecular weight is 330 g/mol. The smallest absolute Gasteiger partial charge is 0.416 e. The van der Waals surface area contributed by atoms with Gasteiger partial charge in [-0.15, -0.1) is 12.4 Å². The van der Waals surface area contributed by atoms with E-state index in [0.29, 0.717) is 38.2 Å². The van der Waals surface area contributed by atoms with Crippen LogP contribution < -0.4 is 5.73 Å². The number of phenolic OH excluding ortho intramolecular Hbond substituents is 1. The number of benzene rings is 1. The lowest BCUT2D eigenvalue weighted by Gasteiger charge is -2.30. The van der Waals surface area contributed by atoms with Crippen molar-refractivity contribution in [2.45, 2.75) is 25.1 Å². The number of nitrogens with two attached hydrogens (primary N) is 1. The summed E-state index contributed by atoms with van der Waals surface area (Å²) in [6.07, 6.45) is -3.73. The number of halogens is 5. The van der Waals surface area contributed by atoms with Crippen molar-refractivity contribution < 1.29 is 27.4 Å². The van der Waals surface area contributed by atoms with Gasteiger partial charge in [-0.2, -0.15) is 13.2 Å². The van der Waals surface area contributed by atoms with Gasteiger partial charge in [0.25, 0.3) is 0 Å². The molecular formula is C13H16ClF4NO2.